The van der Waals surface area contributed by atoms with Crippen LogP contribution in [-0.2, 0) is 9.53 Å². The van der Waals surface area contributed by atoms with Gasteiger partial charge in [0.2, 0.25) is 0 Å². The predicted octanol–water partition coefficient (Wildman–Crippen LogP) is 2.56. The fraction of sp³-hybridized carbons (Fsp3) is 0.909. The number of carbonyl (C=O) groups excluding carboxylic acids is 1. The number of ketones is 1. The lowest BCUT2D eigenvalue weighted by atomic mass is 9.87. The molecule has 1 aliphatic rings. The van der Waals surface area contributed by atoms with E-state index in [9.17, 15) is 4.79 Å². The van der Waals surface area contributed by atoms with Gasteiger partial charge in [-0.15, -0.1) is 0 Å². The van der Waals surface area contributed by atoms with Gasteiger partial charge in [-0.25, -0.2) is 0 Å². The monoisotopic (exact) mass is 184 g/mol. The minimum absolute atomic E-state index is 0.259. The molecule has 2 unspecified atom stereocenters. The van der Waals surface area contributed by atoms with Crippen LogP contribution in [0.4, 0.5) is 0 Å². The average Bonchev–Trinajstić information content (AvgIpc) is 2.03. The van der Waals surface area contributed by atoms with Crippen LogP contribution in [0.5, 0.6) is 0 Å². The summed E-state index contributed by atoms with van der Waals surface area (Å²) in [5, 5.41) is 0. The summed E-state index contributed by atoms with van der Waals surface area (Å²) >= 11 is 0. The van der Waals surface area contributed by atoms with Gasteiger partial charge in [0, 0.05) is 12.3 Å². The highest BCUT2D eigenvalue weighted by atomic mass is 16.5. The van der Waals surface area contributed by atoms with E-state index in [2.05, 4.69) is 20.8 Å². The van der Waals surface area contributed by atoms with Crippen LogP contribution in [0.25, 0.3) is 0 Å². The van der Waals surface area contributed by atoms with Crippen molar-refractivity contribution in [1.29, 1.82) is 0 Å². The highest BCUT2D eigenvalue weighted by molar-refractivity contribution is 5.81. The van der Waals surface area contributed by atoms with E-state index in [-0.39, 0.29) is 18.1 Å². The normalized spacial score (nSPS) is 34.5. The topological polar surface area (TPSA) is 26.3 Å². The van der Waals surface area contributed by atoms with Crippen molar-refractivity contribution in [3.63, 3.8) is 0 Å². The zero-order valence-electron chi connectivity index (χ0n) is 8.88. The molecule has 0 radical (unpaired) electrons. The number of hydrogen-bond acceptors (Lipinski definition) is 2. The van der Waals surface area contributed by atoms with Gasteiger partial charge in [-0.1, -0.05) is 6.92 Å². The second-order valence-corrected chi connectivity index (χ2v) is 4.14. The van der Waals surface area contributed by atoms with Gasteiger partial charge in [-0.2, -0.15) is 0 Å². The van der Waals surface area contributed by atoms with E-state index >= 15 is 0 Å². The lowest BCUT2D eigenvalue weighted by Gasteiger charge is -2.31. The van der Waals surface area contributed by atoms with Crippen LogP contribution >= 0.6 is 0 Å². The standard InChI is InChI=1S/C11H20O2/c1-4-5-11(12)10-6-8(2)13-9(3)7-10/h8-10H,4-7H2,1-3H3. The smallest absolute Gasteiger partial charge is 0.136 e. The highest BCUT2D eigenvalue weighted by Crippen LogP contribution is 2.26. The summed E-state index contributed by atoms with van der Waals surface area (Å²) in [5.74, 6) is 0.697. The number of hydrogen-bond donors (Lipinski definition) is 0. The van der Waals surface area contributed by atoms with Gasteiger partial charge in [0.25, 0.3) is 0 Å². The number of carbonyl (C=O) groups is 1. The lowest BCUT2D eigenvalue weighted by molar-refractivity contribution is -0.130. The molecule has 0 amide bonds. The Bertz CT molecular complexity index is 167. The molecular weight excluding hydrogens is 164 g/mol. The fourth-order valence-electron chi connectivity index (χ4n) is 2.12. The maximum Gasteiger partial charge on any atom is 0.136 e. The summed E-state index contributed by atoms with van der Waals surface area (Å²) in [6.45, 7) is 6.17. The Morgan fingerprint density at radius 3 is 2.31 bits per heavy atom. The van der Waals surface area contributed by atoms with Crippen molar-refractivity contribution < 1.29 is 9.53 Å². The van der Waals surface area contributed by atoms with Crippen LogP contribution < -0.4 is 0 Å². The van der Waals surface area contributed by atoms with Gasteiger partial charge >= 0.3 is 0 Å². The van der Waals surface area contributed by atoms with E-state index in [1.165, 1.54) is 0 Å². The SMILES string of the molecule is CCCC(=O)C1CC(C)OC(C)C1. The van der Waals surface area contributed by atoms with Gasteiger partial charge in [-0.05, 0) is 33.1 Å². The van der Waals surface area contributed by atoms with E-state index in [1.54, 1.807) is 0 Å². The summed E-state index contributed by atoms with van der Waals surface area (Å²) in [5.41, 5.74) is 0. The van der Waals surface area contributed by atoms with Crippen molar-refractivity contribution >= 4 is 5.78 Å². The molecule has 2 nitrogen and oxygen atoms in total. The van der Waals surface area contributed by atoms with Crippen molar-refractivity contribution in [3.8, 4) is 0 Å². The third-order valence-corrected chi connectivity index (χ3v) is 2.65. The van der Waals surface area contributed by atoms with Gasteiger partial charge < -0.3 is 4.74 Å². The van der Waals surface area contributed by atoms with Gasteiger partial charge in [0.1, 0.15) is 5.78 Å². The minimum Gasteiger partial charge on any atom is -0.376 e. The maximum atomic E-state index is 11.6. The molecule has 1 aliphatic heterocycles. The minimum atomic E-state index is 0.259. The van der Waals surface area contributed by atoms with E-state index in [4.69, 9.17) is 4.74 Å². The zero-order valence-corrected chi connectivity index (χ0v) is 8.88. The molecule has 1 saturated heterocycles. The van der Waals surface area contributed by atoms with E-state index < -0.39 is 0 Å². The average molecular weight is 184 g/mol. The summed E-state index contributed by atoms with van der Waals surface area (Å²) in [6.07, 6.45) is 4.07. The van der Waals surface area contributed by atoms with E-state index in [0.29, 0.717) is 5.78 Å². The Hall–Kier alpha value is -0.370. The molecule has 0 aromatic carbocycles. The molecule has 2 heteroatoms. The van der Waals surface area contributed by atoms with Crippen molar-refractivity contribution in [1.82, 2.24) is 0 Å². The van der Waals surface area contributed by atoms with E-state index in [1.807, 2.05) is 0 Å². The molecule has 0 saturated carbocycles. The molecule has 1 heterocycles. The first-order valence-corrected chi connectivity index (χ1v) is 5.31. The maximum absolute atomic E-state index is 11.6. The van der Waals surface area contributed by atoms with Crippen molar-refractivity contribution in [2.75, 3.05) is 0 Å². The number of rotatable bonds is 3. The number of Topliss-reactive ketones (excluding diaryl/α,β-unsaturated/α-hetero) is 1. The molecule has 0 bridgehead atoms. The van der Waals surface area contributed by atoms with Crippen LogP contribution in [-0.4, -0.2) is 18.0 Å². The van der Waals surface area contributed by atoms with Crippen LogP contribution in [0.1, 0.15) is 46.5 Å². The van der Waals surface area contributed by atoms with Crippen LogP contribution in [0.3, 0.4) is 0 Å². The molecule has 0 aliphatic carbocycles. The third kappa shape index (κ3) is 3.11. The Morgan fingerprint density at radius 2 is 1.85 bits per heavy atom. The fourth-order valence-corrected chi connectivity index (χ4v) is 2.12. The molecule has 1 rings (SSSR count). The Labute approximate surface area is 80.7 Å². The van der Waals surface area contributed by atoms with Gasteiger partial charge in [0.05, 0.1) is 12.2 Å². The van der Waals surface area contributed by atoms with E-state index in [0.717, 1.165) is 25.7 Å². The molecule has 2 atom stereocenters. The second-order valence-electron chi connectivity index (χ2n) is 4.14. The largest absolute Gasteiger partial charge is 0.376 e. The third-order valence-electron chi connectivity index (χ3n) is 2.65. The van der Waals surface area contributed by atoms with Gasteiger partial charge in [0.15, 0.2) is 0 Å². The Kier molecular flexibility index (Phi) is 3.91. The zero-order chi connectivity index (χ0) is 9.84. The Balaban J connectivity index is 2.45. The van der Waals surface area contributed by atoms with Crippen molar-refractivity contribution in [3.05, 3.63) is 0 Å². The Morgan fingerprint density at radius 1 is 1.31 bits per heavy atom. The molecule has 0 spiro atoms. The molecule has 76 valence electrons. The summed E-state index contributed by atoms with van der Waals surface area (Å²) < 4.78 is 5.59. The summed E-state index contributed by atoms with van der Waals surface area (Å²) in [6, 6.07) is 0. The number of ether oxygens (including phenoxy) is 1. The van der Waals surface area contributed by atoms with Crippen LogP contribution in [0.2, 0.25) is 0 Å². The highest BCUT2D eigenvalue weighted by Gasteiger charge is 2.28. The second kappa shape index (κ2) is 4.75. The summed E-state index contributed by atoms with van der Waals surface area (Å²) in [7, 11) is 0. The molecule has 0 aromatic heterocycles. The molecule has 13 heavy (non-hydrogen) atoms. The molecule has 0 N–H and O–H groups in total. The van der Waals surface area contributed by atoms with Crippen molar-refractivity contribution in [2.24, 2.45) is 5.92 Å². The first-order valence-electron chi connectivity index (χ1n) is 5.31. The summed E-state index contributed by atoms with van der Waals surface area (Å²) in [4.78, 5) is 11.6. The first kappa shape index (κ1) is 10.7. The first-order chi connectivity index (χ1) is 6.13. The van der Waals surface area contributed by atoms with Crippen molar-refractivity contribution in [2.45, 2.75) is 58.7 Å². The predicted molar refractivity (Wildman–Crippen MR) is 52.6 cm³/mol. The van der Waals surface area contributed by atoms with Crippen LogP contribution in [0.15, 0.2) is 0 Å². The molecule has 1 fully saturated rings. The molecule has 0 aromatic rings. The van der Waals surface area contributed by atoms with Crippen LogP contribution in [0, 0.1) is 5.92 Å². The quantitative estimate of drug-likeness (QED) is 0.673. The molecular formula is C11H20O2. The van der Waals surface area contributed by atoms with Gasteiger partial charge in [-0.3, -0.25) is 4.79 Å². The lowest BCUT2D eigenvalue weighted by Crippen LogP contribution is -2.33.